The first kappa shape index (κ1) is 18.2. The molecule has 1 N–H and O–H groups in total. The molecule has 0 unspecified atom stereocenters. The van der Waals surface area contributed by atoms with Crippen molar-refractivity contribution in [1.82, 2.24) is 30.2 Å². The highest BCUT2D eigenvalue weighted by molar-refractivity contribution is 6.32. The minimum Gasteiger partial charge on any atom is -0.355 e. The van der Waals surface area contributed by atoms with Crippen LogP contribution < -0.4 is 10.2 Å². The first-order chi connectivity index (χ1) is 13.2. The molecule has 9 heteroatoms. The van der Waals surface area contributed by atoms with E-state index < -0.39 is 0 Å². The van der Waals surface area contributed by atoms with Crippen molar-refractivity contribution in [2.75, 3.05) is 37.6 Å². The third-order valence-electron chi connectivity index (χ3n) is 5.19. The molecule has 1 amide bonds. The highest BCUT2D eigenvalue weighted by Crippen LogP contribution is 2.27. The summed E-state index contributed by atoms with van der Waals surface area (Å²) < 4.78 is 1.94. The van der Waals surface area contributed by atoms with Crippen LogP contribution in [-0.4, -0.2) is 63.5 Å². The molecule has 2 aromatic heterocycles. The lowest BCUT2D eigenvalue weighted by molar-refractivity contribution is -0.124. The van der Waals surface area contributed by atoms with Crippen molar-refractivity contribution in [2.24, 2.45) is 5.92 Å². The van der Waals surface area contributed by atoms with Crippen LogP contribution in [0.25, 0.3) is 0 Å². The predicted octanol–water partition coefficient (Wildman–Crippen LogP) is 1.17. The van der Waals surface area contributed by atoms with E-state index in [-0.39, 0.29) is 5.91 Å². The molecule has 8 nitrogen and oxygen atoms in total. The molecule has 0 spiro atoms. The van der Waals surface area contributed by atoms with Crippen LogP contribution in [0.15, 0.2) is 24.5 Å². The van der Waals surface area contributed by atoms with E-state index in [2.05, 4.69) is 30.4 Å². The van der Waals surface area contributed by atoms with Gasteiger partial charge in [0.1, 0.15) is 5.82 Å². The van der Waals surface area contributed by atoms with Crippen LogP contribution in [0.4, 0.5) is 5.82 Å². The predicted molar refractivity (Wildman–Crippen MR) is 102 cm³/mol. The van der Waals surface area contributed by atoms with Crippen molar-refractivity contribution in [2.45, 2.75) is 25.9 Å². The van der Waals surface area contributed by atoms with E-state index in [1.165, 1.54) is 0 Å². The average Bonchev–Trinajstić information content (AvgIpc) is 3.10. The Kier molecular flexibility index (Phi) is 5.54. The molecule has 0 atom stereocenters. The van der Waals surface area contributed by atoms with E-state index in [0.29, 0.717) is 30.6 Å². The maximum atomic E-state index is 11.5. The van der Waals surface area contributed by atoms with Crippen molar-refractivity contribution >= 4 is 23.3 Å². The number of aromatic nitrogens is 4. The van der Waals surface area contributed by atoms with Crippen LogP contribution in [0.1, 0.15) is 18.5 Å². The van der Waals surface area contributed by atoms with Gasteiger partial charge in [0.25, 0.3) is 0 Å². The van der Waals surface area contributed by atoms with Gasteiger partial charge in [-0.25, -0.2) is 4.98 Å². The Morgan fingerprint density at radius 2 is 2.11 bits per heavy atom. The minimum atomic E-state index is 0.0772. The van der Waals surface area contributed by atoms with Crippen LogP contribution >= 0.6 is 11.6 Å². The summed E-state index contributed by atoms with van der Waals surface area (Å²) in [5.74, 6) is 1.53. The molecule has 2 aliphatic rings. The zero-order valence-corrected chi connectivity index (χ0v) is 16.0. The smallest absolute Gasteiger partial charge is 0.234 e. The van der Waals surface area contributed by atoms with E-state index in [1.807, 2.05) is 23.0 Å². The Hall–Kier alpha value is -2.19. The number of carbonyl (C=O) groups excluding carboxylic acids is 1. The third-order valence-corrected chi connectivity index (χ3v) is 5.48. The molecule has 2 fully saturated rings. The minimum absolute atomic E-state index is 0.0772. The summed E-state index contributed by atoms with van der Waals surface area (Å²) in [5.41, 5.74) is 0.919. The van der Waals surface area contributed by atoms with Crippen LogP contribution in [-0.2, 0) is 17.9 Å². The highest BCUT2D eigenvalue weighted by atomic mass is 35.5. The van der Waals surface area contributed by atoms with Crippen LogP contribution in [0.2, 0.25) is 5.02 Å². The molecule has 4 heterocycles. The fraction of sp³-hybridized carbons (Fsp3) is 0.556. The SMILES string of the molecule is O=C1CN(Cc2cn(CC3CCN(c4ncccc4Cl)CC3)nn2)CCN1. The number of piperidine rings is 1. The second-order valence-electron chi connectivity index (χ2n) is 7.23. The molecule has 2 saturated heterocycles. The van der Waals surface area contributed by atoms with Gasteiger partial charge in [-0.1, -0.05) is 16.8 Å². The van der Waals surface area contributed by atoms with Crippen molar-refractivity contribution in [1.29, 1.82) is 0 Å². The normalized spacial score (nSPS) is 19.3. The van der Waals surface area contributed by atoms with Crippen LogP contribution in [0, 0.1) is 5.92 Å². The van der Waals surface area contributed by atoms with Gasteiger partial charge in [0, 0.05) is 51.7 Å². The number of hydrogen-bond acceptors (Lipinski definition) is 6. The summed E-state index contributed by atoms with van der Waals surface area (Å²) in [7, 11) is 0. The Bertz CT molecular complexity index is 788. The van der Waals surface area contributed by atoms with Gasteiger partial charge in [0.05, 0.1) is 17.3 Å². The Balaban J connectivity index is 1.28. The average molecular weight is 390 g/mol. The van der Waals surface area contributed by atoms with E-state index in [1.54, 1.807) is 6.20 Å². The fourth-order valence-corrected chi connectivity index (χ4v) is 4.00. The van der Waals surface area contributed by atoms with E-state index in [4.69, 9.17) is 11.6 Å². The summed E-state index contributed by atoms with van der Waals surface area (Å²) >= 11 is 6.26. The number of nitrogens with zero attached hydrogens (tertiary/aromatic N) is 6. The van der Waals surface area contributed by atoms with Crippen molar-refractivity contribution in [3.05, 3.63) is 35.2 Å². The first-order valence-corrected chi connectivity index (χ1v) is 9.79. The van der Waals surface area contributed by atoms with Crippen LogP contribution in [0.5, 0.6) is 0 Å². The summed E-state index contributed by atoms with van der Waals surface area (Å²) in [4.78, 5) is 20.2. The number of halogens is 1. The Morgan fingerprint density at radius 3 is 2.89 bits per heavy atom. The lowest BCUT2D eigenvalue weighted by Gasteiger charge is -2.33. The molecule has 0 aliphatic carbocycles. The first-order valence-electron chi connectivity index (χ1n) is 9.41. The molecule has 2 aliphatic heterocycles. The second kappa shape index (κ2) is 8.22. The zero-order valence-electron chi connectivity index (χ0n) is 15.2. The molecule has 0 radical (unpaired) electrons. The standard InChI is InChI=1S/C18H24ClN7O/c19-16-2-1-5-21-18(16)25-7-3-14(4-8-25)10-26-12-15(22-23-26)11-24-9-6-20-17(27)13-24/h1-2,5,12,14H,3-4,6-11,13H2,(H,20,27). The molecule has 27 heavy (non-hydrogen) atoms. The van der Waals surface area contributed by atoms with Gasteiger partial charge in [0.2, 0.25) is 5.91 Å². The van der Waals surface area contributed by atoms with E-state index in [9.17, 15) is 4.79 Å². The third kappa shape index (κ3) is 4.56. The molecule has 2 aromatic rings. The number of piperazine rings is 1. The van der Waals surface area contributed by atoms with Crippen molar-refractivity contribution in [3.8, 4) is 0 Å². The van der Waals surface area contributed by atoms with Gasteiger partial charge in [0.15, 0.2) is 0 Å². The lowest BCUT2D eigenvalue weighted by atomic mass is 9.97. The number of rotatable bonds is 5. The maximum absolute atomic E-state index is 11.5. The largest absolute Gasteiger partial charge is 0.355 e. The quantitative estimate of drug-likeness (QED) is 0.827. The number of carbonyl (C=O) groups is 1. The molecule has 0 saturated carbocycles. The molecular weight excluding hydrogens is 366 g/mol. The highest BCUT2D eigenvalue weighted by Gasteiger charge is 2.23. The lowest BCUT2D eigenvalue weighted by Crippen LogP contribution is -2.47. The van der Waals surface area contributed by atoms with Gasteiger partial charge in [-0.2, -0.15) is 0 Å². The number of amides is 1. The zero-order chi connectivity index (χ0) is 18.6. The summed E-state index contributed by atoms with van der Waals surface area (Å²) in [5, 5.41) is 12.1. The molecule has 144 valence electrons. The summed E-state index contributed by atoms with van der Waals surface area (Å²) in [6.45, 7) is 5.43. The van der Waals surface area contributed by atoms with Gasteiger partial charge in [-0.3, -0.25) is 14.4 Å². The van der Waals surface area contributed by atoms with Gasteiger partial charge >= 0.3 is 0 Å². The van der Waals surface area contributed by atoms with Gasteiger partial charge < -0.3 is 10.2 Å². The summed E-state index contributed by atoms with van der Waals surface area (Å²) in [6, 6.07) is 3.75. The molecule has 0 bridgehead atoms. The van der Waals surface area contributed by atoms with Crippen molar-refractivity contribution < 1.29 is 4.79 Å². The number of pyridine rings is 1. The second-order valence-corrected chi connectivity index (χ2v) is 7.64. The van der Waals surface area contributed by atoms with E-state index in [0.717, 1.165) is 50.5 Å². The fourth-order valence-electron chi connectivity index (χ4n) is 3.76. The Labute approximate surface area is 163 Å². The maximum Gasteiger partial charge on any atom is 0.234 e. The number of anilines is 1. The van der Waals surface area contributed by atoms with Crippen LogP contribution in [0.3, 0.4) is 0 Å². The Morgan fingerprint density at radius 1 is 1.26 bits per heavy atom. The number of hydrogen-bond donors (Lipinski definition) is 1. The number of nitrogens with one attached hydrogen (secondary N) is 1. The van der Waals surface area contributed by atoms with Gasteiger partial charge in [-0.15, -0.1) is 5.10 Å². The van der Waals surface area contributed by atoms with E-state index >= 15 is 0 Å². The van der Waals surface area contributed by atoms with Gasteiger partial charge in [-0.05, 0) is 30.9 Å². The van der Waals surface area contributed by atoms with Crippen molar-refractivity contribution in [3.63, 3.8) is 0 Å². The molecule has 0 aromatic carbocycles. The monoisotopic (exact) mass is 389 g/mol. The summed E-state index contributed by atoms with van der Waals surface area (Å²) in [6.07, 6.45) is 5.95. The molecular formula is C18H24ClN7O. The molecule has 4 rings (SSSR count). The topological polar surface area (TPSA) is 79.2 Å².